The second kappa shape index (κ2) is 8.77. The van der Waals surface area contributed by atoms with E-state index in [9.17, 15) is 10.2 Å². The van der Waals surface area contributed by atoms with Crippen molar-refractivity contribution in [3.8, 4) is 17.2 Å². The molecule has 0 radical (unpaired) electrons. The molecule has 28 heavy (non-hydrogen) atoms. The fraction of sp³-hybridized carbons (Fsp3) is 0.158. The van der Waals surface area contributed by atoms with Crippen LogP contribution in [0.25, 0.3) is 0 Å². The number of halogens is 1. The van der Waals surface area contributed by atoms with E-state index in [1.54, 1.807) is 18.3 Å². The largest absolute Gasteiger partial charge is 0.502 e. The number of aliphatic hydroxyl groups is 1. The van der Waals surface area contributed by atoms with E-state index in [2.05, 4.69) is 36.5 Å². The summed E-state index contributed by atoms with van der Waals surface area (Å²) in [5.41, 5.74) is 2.06. The first-order valence-electron chi connectivity index (χ1n) is 8.26. The van der Waals surface area contributed by atoms with Gasteiger partial charge in [-0.25, -0.2) is 4.98 Å². The fourth-order valence-corrected chi connectivity index (χ4v) is 2.81. The highest BCUT2D eigenvalue weighted by atomic mass is 79.9. The highest BCUT2D eigenvalue weighted by Gasteiger charge is 2.13. The summed E-state index contributed by atoms with van der Waals surface area (Å²) in [6.45, 7) is -0.0932. The van der Waals surface area contributed by atoms with Crippen LogP contribution in [0.15, 0.2) is 47.1 Å². The first-order chi connectivity index (χ1) is 13.5. The number of rotatable bonds is 7. The summed E-state index contributed by atoms with van der Waals surface area (Å²) in [5.74, 6) is 1.27. The number of phenols is 1. The summed E-state index contributed by atoms with van der Waals surface area (Å²) >= 11 is 3.42. The Labute approximate surface area is 170 Å². The van der Waals surface area contributed by atoms with Gasteiger partial charge < -0.3 is 30.3 Å². The Morgan fingerprint density at radius 3 is 2.39 bits per heavy atom. The summed E-state index contributed by atoms with van der Waals surface area (Å²) in [6.07, 6.45) is 1.61. The lowest BCUT2D eigenvalue weighted by Gasteiger charge is -2.14. The zero-order chi connectivity index (χ0) is 20.1. The van der Waals surface area contributed by atoms with Crippen LogP contribution in [0.4, 0.5) is 23.1 Å². The molecule has 0 saturated heterocycles. The number of aliphatic hydroxyl groups excluding tert-OH is 1. The van der Waals surface area contributed by atoms with Gasteiger partial charge in [0, 0.05) is 35.3 Å². The van der Waals surface area contributed by atoms with Gasteiger partial charge in [0.1, 0.15) is 5.82 Å². The zero-order valence-corrected chi connectivity index (χ0v) is 16.8. The van der Waals surface area contributed by atoms with Crippen molar-refractivity contribution in [3.05, 3.63) is 52.6 Å². The van der Waals surface area contributed by atoms with Crippen LogP contribution < -0.4 is 20.1 Å². The highest BCUT2D eigenvalue weighted by Crippen LogP contribution is 2.39. The molecule has 0 fully saturated rings. The van der Waals surface area contributed by atoms with Crippen molar-refractivity contribution in [1.29, 1.82) is 0 Å². The lowest BCUT2D eigenvalue weighted by molar-refractivity contribution is 0.282. The molecule has 146 valence electrons. The Morgan fingerprint density at radius 1 is 1.07 bits per heavy atom. The topological polar surface area (TPSA) is 109 Å². The third-order valence-corrected chi connectivity index (χ3v) is 4.50. The molecule has 3 aromatic rings. The number of hydrogen-bond donors (Lipinski definition) is 4. The number of hydrogen-bond acceptors (Lipinski definition) is 8. The average Bonchev–Trinajstić information content (AvgIpc) is 2.72. The van der Waals surface area contributed by atoms with Crippen molar-refractivity contribution in [2.75, 3.05) is 24.9 Å². The molecule has 0 amide bonds. The van der Waals surface area contributed by atoms with E-state index in [4.69, 9.17) is 9.47 Å². The van der Waals surface area contributed by atoms with Crippen LogP contribution >= 0.6 is 15.9 Å². The molecule has 0 bridgehead atoms. The Morgan fingerprint density at radius 2 is 1.75 bits per heavy atom. The number of para-hydroxylation sites is 1. The Kier molecular flexibility index (Phi) is 6.17. The van der Waals surface area contributed by atoms with Crippen molar-refractivity contribution < 1.29 is 19.7 Å². The van der Waals surface area contributed by atoms with Crippen LogP contribution in [0, 0.1) is 0 Å². The number of phenolic OH excluding ortho intramolecular Hbond substituents is 1. The number of aromatic hydroxyl groups is 1. The molecule has 9 heteroatoms. The predicted molar refractivity (Wildman–Crippen MR) is 110 cm³/mol. The number of nitrogens with zero attached hydrogens (tertiary/aromatic N) is 2. The van der Waals surface area contributed by atoms with Crippen LogP contribution in [-0.2, 0) is 6.61 Å². The number of methoxy groups -OCH3 is 2. The molecule has 1 aromatic heterocycles. The van der Waals surface area contributed by atoms with E-state index in [0.29, 0.717) is 21.9 Å². The van der Waals surface area contributed by atoms with Crippen LogP contribution in [0.1, 0.15) is 5.56 Å². The molecule has 0 spiro atoms. The Hall–Kier alpha value is -3.04. The Bertz CT molecular complexity index is 959. The van der Waals surface area contributed by atoms with E-state index in [1.807, 2.05) is 24.3 Å². The monoisotopic (exact) mass is 446 g/mol. The first-order valence-corrected chi connectivity index (χ1v) is 9.05. The second-order valence-electron chi connectivity index (χ2n) is 5.68. The van der Waals surface area contributed by atoms with Crippen molar-refractivity contribution in [2.24, 2.45) is 0 Å². The van der Waals surface area contributed by atoms with E-state index < -0.39 is 0 Å². The molecular weight excluding hydrogens is 428 g/mol. The number of ether oxygens (including phenoxy) is 2. The zero-order valence-electron chi connectivity index (χ0n) is 15.2. The van der Waals surface area contributed by atoms with Crippen LogP contribution in [0.5, 0.6) is 17.2 Å². The maximum atomic E-state index is 10.0. The van der Waals surface area contributed by atoms with Crippen molar-refractivity contribution in [3.63, 3.8) is 0 Å². The third-order valence-electron chi connectivity index (χ3n) is 3.92. The minimum atomic E-state index is -0.0932. The second-order valence-corrected chi connectivity index (χ2v) is 6.54. The SMILES string of the molecule is COc1cc(Nc2ncc(Br)c(Nc3ccccc3CO)n2)cc(OC)c1O. The predicted octanol–water partition coefficient (Wildman–Crippen LogP) is 3.94. The van der Waals surface area contributed by atoms with Gasteiger partial charge in [-0.1, -0.05) is 18.2 Å². The number of benzene rings is 2. The van der Waals surface area contributed by atoms with Crippen LogP contribution in [0.3, 0.4) is 0 Å². The van der Waals surface area contributed by atoms with E-state index >= 15 is 0 Å². The van der Waals surface area contributed by atoms with Crippen molar-refractivity contribution in [2.45, 2.75) is 6.61 Å². The third kappa shape index (κ3) is 4.26. The highest BCUT2D eigenvalue weighted by molar-refractivity contribution is 9.10. The summed E-state index contributed by atoms with van der Waals surface area (Å²) in [7, 11) is 2.91. The maximum absolute atomic E-state index is 10.0. The van der Waals surface area contributed by atoms with Crippen LogP contribution in [0.2, 0.25) is 0 Å². The first kappa shape index (κ1) is 19.7. The molecule has 0 aliphatic heterocycles. The average molecular weight is 447 g/mol. The summed E-state index contributed by atoms with van der Waals surface area (Å²) in [4.78, 5) is 8.71. The quantitative estimate of drug-likeness (QED) is 0.404. The van der Waals surface area contributed by atoms with Gasteiger partial charge in [-0.3, -0.25) is 0 Å². The number of nitrogens with one attached hydrogen (secondary N) is 2. The molecule has 8 nitrogen and oxygen atoms in total. The smallest absolute Gasteiger partial charge is 0.229 e. The number of aromatic nitrogens is 2. The van der Waals surface area contributed by atoms with Gasteiger partial charge in [0.05, 0.1) is 25.3 Å². The van der Waals surface area contributed by atoms with E-state index in [0.717, 1.165) is 11.3 Å². The van der Waals surface area contributed by atoms with Crippen molar-refractivity contribution in [1.82, 2.24) is 9.97 Å². The molecule has 0 unspecified atom stereocenters. The molecule has 0 aliphatic carbocycles. The molecule has 4 N–H and O–H groups in total. The van der Waals surface area contributed by atoms with Gasteiger partial charge in [-0.15, -0.1) is 0 Å². The van der Waals surface area contributed by atoms with Gasteiger partial charge >= 0.3 is 0 Å². The summed E-state index contributed by atoms with van der Waals surface area (Å²) in [5, 5.41) is 25.8. The fourth-order valence-electron chi connectivity index (χ4n) is 2.52. The minimum absolute atomic E-state index is 0.0877. The lowest BCUT2D eigenvalue weighted by atomic mass is 10.2. The van der Waals surface area contributed by atoms with Gasteiger partial charge in [0.2, 0.25) is 11.7 Å². The molecular formula is C19H19BrN4O4. The van der Waals surface area contributed by atoms with E-state index in [1.165, 1.54) is 14.2 Å². The van der Waals surface area contributed by atoms with Gasteiger partial charge in [-0.05, 0) is 22.0 Å². The molecule has 2 aromatic carbocycles. The maximum Gasteiger partial charge on any atom is 0.229 e. The van der Waals surface area contributed by atoms with Gasteiger partial charge in [-0.2, -0.15) is 4.98 Å². The molecule has 0 saturated carbocycles. The van der Waals surface area contributed by atoms with E-state index in [-0.39, 0.29) is 23.9 Å². The van der Waals surface area contributed by atoms with Crippen LogP contribution in [-0.4, -0.2) is 34.4 Å². The summed E-state index contributed by atoms with van der Waals surface area (Å²) in [6, 6.07) is 10.6. The normalized spacial score (nSPS) is 10.4. The number of anilines is 4. The molecule has 1 heterocycles. The molecule has 0 aliphatic rings. The van der Waals surface area contributed by atoms with Gasteiger partial charge in [0.25, 0.3) is 0 Å². The van der Waals surface area contributed by atoms with Gasteiger partial charge in [0.15, 0.2) is 11.5 Å². The lowest BCUT2D eigenvalue weighted by Crippen LogP contribution is -2.03. The standard InChI is InChI=1S/C19H19BrN4O4/c1-27-15-7-12(8-16(28-2)17(15)26)22-19-21-9-13(20)18(24-19)23-14-6-4-3-5-11(14)10-25/h3-9,25-26H,10H2,1-2H3,(H2,21,22,23,24). The molecule has 3 rings (SSSR count). The minimum Gasteiger partial charge on any atom is -0.502 e. The van der Waals surface area contributed by atoms with Crippen molar-refractivity contribution >= 4 is 39.1 Å². The summed E-state index contributed by atoms with van der Waals surface area (Å²) < 4.78 is 11.0. The Balaban J connectivity index is 1.90. The molecule has 0 atom stereocenters.